The molecule has 4 rings (SSSR count). The molecular weight excluding hydrogens is 484 g/mol. The van der Waals surface area contributed by atoms with Gasteiger partial charge in [0.2, 0.25) is 16.0 Å². The lowest BCUT2D eigenvalue weighted by atomic mass is 9.90. The Kier molecular flexibility index (Phi) is 7.07. The minimum atomic E-state index is -3.72. The fraction of sp³-hybridized carbons (Fsp3) is 0.500. The number of halogens is 1. The number of nitrogens with zero attached hydrogens (tertiary/aromatic N) is 3. The average molecular weight is 511 g/mol. The van der Waals surface area contributed by atoms with Crippen LogP contribution < -0.4 is 15.8 Å². The molecule has 1 aromatic carbocycles. The predicted molar refractivity (Wildman–Crippen MR) is 123 cm³/mol. The number of hydrogen-bond donors (Lipinski definition) is 3. The summed E-state index contributed by atoms with van der Waals surface area (Å²) in [5, 5.41) is 11.8. The molecule has 9 nitrogen and oxygen atoms in total. The van der Waals surface area contributed by atoms with E-state index in [1.54, 1.807) is 18.3 Å². The van der Waals surface area contributed by atoms with E-state index in [9.17, 15) is 8.42 Å². The molecule has 0 amide bonds. The van der Waals surface area contributed by atoms with E-state index in [4.69, 9.17) is 9.88 Å². The normalized spacial score (nSPS) is 22.8. The Morgan fingerprint density at radius 2 is 1.77 bits per heavy atom. The maximum atomic E-state index is 11.4. The number of nitrogens with one attached hydrogen (secondary N) is 2. The van der Waals surface area contributed by atoms with Gasteiger partial charge in [0.15, 0.2) is 0 Å². The highest BCUT2D eigenvalue weighted by molar-refractivity contribution is 9.10. The smallest absolute Gasteiger partial charge is 0.238 e. The van der Waals surface area contributed by atoms with Crippen LogP contribution in [-0.4, -0.2) is 61.7 Å². The third-order valence-electron chi connectivity index (χ3n) is 5.78. The van der Waals surface area contributed by atoms with Crippen molar-refractivity contribution in [2.24, 2.45) is 5.14 Å². The minimum Gasteiger partial charge on any atom is -0.379 e. The van der Waals surface area contributed by atoms with E-state index in [2.05, 4.69) is 41.4 Å². The number of rotatable bonds is 6. The Morgan fingerprint density at radius 3 is 2.42 bits per heavy atom. The Hall–Kier alpha value is -1.79. The highest BCUT2D eigenvalue weighted by atomic mass is 79.9. The number of primary sulfonamides is 1. The summed E-state index contributed by atoms with van der Waals surface area (Å²) in [6.07, 6.45) is 6.23. The number of nitrogens with two attached hydrogens (primary N) is 1. The van der Waals surface area contributed by atoms with Crippen molar-refractivity contribution in [3.05, 3.63) is 34.9 Å². The maximum Gasteiger partial charge on any atom is 0.238 e. The van der Waals surface area contributed by atoms with Crippen LogP contribution in [0.3, 0.4) is 0 Å². The highest BCUT2D eigenvalue weighted by Gasteiger charge is 2.27. The first-order valence-corrected chi connectivity index (χ1v) is 12.7. The Bertz CT molecular complexity index is 990. The molecule has 1 aromatic heterocycles. The van der Waals surface area contributed by atoms with Gasteiger partial charge >= 0.3 is 0 Å². The van der Waals surface area contributed by atoms with Crippen LogP contribution in [0.1, 0.15) is 25.7 Å². The highest BCUT2D eigenvalue weighted by Crippen LogP contribution is 2.29. The van der Waals surface area contributed by atoms with E-state index in [1.165, 1.54) is 25.0 Å². The largest absolute Gasteiger partial charge is 0.379 e. The van der Waals surface area contributed by atoms with Gasteiger partial charge in [-0.2, -0.15) is 4.98 Å². The zero-order valence-electron chi connectivity index (χ0n) is 17.1. The van der Waals surface area contributed by atoms with Crippen LogP contribution in [0.5, 0.6) is 0 Å². The van der Waals surface area contributed by atoms with Gasteiger partial charge in [0.05, 0.1) is 22.6 Å². The molecule has 1 saturated carbocycles. The molecule has 0 spiro atoms. The Labute approximate surface area is 191 Å². The van der Waals surface area contributed by atoms with E-state index in [0.717, 1.165) is 49.4 Å². The zero-order chi connectivity index (χ0) is 21.8. The van der Waals surface area contributed by atoms with Crippen molar-refractivity contribution < 1.29 is 13.2 Å². The lowest BCUT2D eigenvalue weighted by Gasteiger charge is -2.39. The molecular formula is C20H27BrN6O3S. The van der Waals surface area contributed by atoms with Gasteiger partial charge in [0, 0.05) is 37.1 Å². The fourth-order valence-corrected chi connectivity index (χ4v) is 4.93. The van der Waals surface area contributed by atoms with E-state index in [-0.39, 0.29) is 4.90 Å². The zero-order valence-corrected chi connectivity index (χ0v) is 19.5. The Morgan fingerprint density at radius 1 is 1.10 bits per heavy atom. The third-order valence-corrected chi connectivity index (χ3v) is 7.29. The summed E-state index contributed by atoms with van der Waals surface area (Å²) in [7, 11) is -3.72. The monoisotopic (exact) mass is 510 g/mol. The number of anilines is 3. The molecule has 1 aliphatic carbocycles. The summed E-state index contributed by atoms with van der Waals surface area (Å²) in [4.78, 5) is 11.5. The Balaban J connectivity index is 1.36. The lowest BCUT2D eigenvalue weighted by Crippen LogP contribution is -2.46. The van der Waals surface area contributed by atoms with Crippen LogP contribution in [-0.2, 0) is 14.8 Å². The molecule has 11 heteroatoms. The molecule has 0 atom stereocenters. The SMILES string of the molecule is NS(=O)(=O)c1ccc(Nc2ncc(Br)c(NC3CCC(N4CCOCC4)CC3)n2)cc1. The number of aromatic nitrogens is 2. The van der Waals surface area contributed by atoms with Crippen molar-refractivity contribution in [3.8, 4) is 0 Å². The van der Waals surface area contributed by atoms with Gasteiger partial charge < -0.3 is 15.4 Å². The van der Waals surface area contributed by atoms with Crippen LogP contribution in [0.4, 0.5) is 17.5 Å². The van der Waals surface area contributed by atoms with E-state index in [1.807, 2.05) is 0 Å². The van der Waals surface area contributed by atoms with Crippen molar-refractivity contribution >= 4 is 43.4 Å². The van der Waals surface area contributed by atoms with Gasteiger partial charge in [0.25, 0.3) is 0 Å². The number of ether oxygens (including phenoxy) is 1. The molecule has 0 unspecified atom stereocenters. The minimum absolute atomic E-state index is 0.0600. The first-order chi connectivity index (χ1) is 14.9. The fourth-order valence-electron chi connectivity index (χ4n) is 4.11. The average Bonchev–Trinajstić information content (AvgIpc) is 2.77. The lowest BCUT2D eigenvalue weighted by molar-refractivity contribution is 0.00790. The first-order valence-electron chi connectivity index (χ1n) is 10.4. The molecule has 1 saturated heterocycles. The second kappa shape index (κ2) is 9.78. The summed E-state index contributed by atoms with van der Waals surface area (Å²) in [6.45, 7) is 3.75. The van der Waals surface area contributed by atoms with Crippen molar-refractivity contribution in [1.29, 1.82) is 0 Å². The summed E-state index contributed by atoms with van der Waals surface area (Å²) in [6, 6.07) is 7.17. The second-order valence-corrected chi connectivity index (χ2v) is 10.3. The predicted octanol–water partition coefficient (Wildman–Crippen LogP) is 2.69. The summed E-state index contributed by atoms with van der Waals surface area (Å²) in [5.74, 6) is 1.17. The van der Waals surface area contributed by atoms with Crippen molar-refractivity contribution in [1.82, 2.24) is 14.9 Å². The van der Waals surface area contributed by atoms with Crippen LogP contribution >= 0.6 is 15.9 Å². The van der Waals surface area contributed by atoms with E-state index < -0.39 is 10.0 Å². The van der Waals surface area contributed by atoms with Crippen molar-refractivity contribution in [2.75, 3.05) is 36.9 Å². The number of benzene rings is 1. The van der Waals surface area contributed by atoms with E-state index >= 15 is 0 Å². The topological polar surface area (TPSA) is 122 Å². The molecule has 168 valence electrons. The van der Waals surface area contributed by atoms with Crippen LogP contribution in [0.15, 0.2) is 39.8 Å². The van der Waals surface area contributed by atoms with Gasteiger partial charge in [-0.05, 0) is 65.9 Å². The van der Waals surface area contributed by atoms with Crippen molar-refractivity contribution in [3.63, 3.8) is 0 Å². The number of morpholine rings is 1. The van der Waals surface area contributed by atoms with Crippen LogP contribution in [0.25, 0.3) is 0 Å². The summed E-state index contributed by atoms with van der Waals surface area (Å²) in [5.41, 5.74) is 0.673. The molecule has 2 heterocycles. The molecule has 2 aliphatic rings. The number of hydrogen-bond acceptors (Lipinski definition) is 8. The number of sulfonamides is 1. The first kappa shape index (κ1) is 22.4. The second-order valence-electron chi connectivity index (χ2n) is 7.88. The van der Waals surface area contributed by atoms with Gasteiger partial charge in [0.1, 0.15) is 5.82 Å². The molecule has 2 aromatic rings. The molecule has 2 fully saturated rings. The standard InChI is InChI=1S/C20H27BrN6O3S/c21-18-13-23-20(25-15-3-7-17(8-4-15)31(22,28)29)26-19(18)24-14-1-5-16(6-2-14)27-9-11-30-12-10-27/h3-4,7-8,13-14,16H,1-2,5-6,9-12H2,(H2,22,28,29)(H2,23,24,25,26). The maximum absolute atomic E-state index is 11.4. The molecule has 4 N–H and O–H groups in total. The summed E-state index contributed by atoms with van der Waals surface area (Å²) >= 11 is 3.53. The molecule has 1 aliphatic heterocycles. The molecule has 0 radical (unpaired) electrons. The molecule has 0 bridgehead atoms. The quantitative estimate of drug-likeness (QED) is 0.541. The van der Waals surface area contributed by atoms with Gasteiger partial charge in [-0.3, -0.25) is 4.90 Å². The molecule has 31 heavy (non-hydrogen) atoms. The van der Waals surface area contributed by atoms with E-state index in [0.29, 0.717) is 23.7 Å². The van der Waals surface area contributed by atoms with Crippen molar-refractivity contribution in [2.45, 2.75) is 42.7 Å². The van der Waals surface area contributed by atoms with Gasteiger partial charge in [-0.1, -0.05) is 0 Å². The van der Waals surface area contributed by atoms with Crippen LogP contribution in [0.2, 0.25) is 0 Å². The third kappa shape index (κ3) is 5.92. The van der Waals surface area contributed by atoms with Gasteiger partial charge in [-0.15, -0.1) is 0 Å². The van der Waals surface area contributed by atoms with Crippen LogP contribution in [0, 0.1) is 0 Å². The van der Waals surface area contributed by atoms with Gasteiger partial charge in [-0.25, -0.2) is 18.5 Å². The summed E-state index contributed by atoms with van der Waals surface area (Å²) < 4.78 is 29.1.